The molecule has 0 saturated carbocycles. The molecular formula is C29H34N4O3S. The predicted octanol–water partition coefficient (Wildman–Crippen LogP) is 6.47. The number of aromatic nitrogens is 2. The van der Waals surface area contributed by atoms with Gasteiger partial charge in [0.15, 0.2) is 11.5 Å². The summed E-state index contributed by atoms with van der Waals surface area (Å²) in [5.74, 6) is 1.06. The standard InChI is InChI=1S/C29H34N4O3S/c1-5-33(6-2)15-9-16-36-27-19-25(30-29(34)28-20(3)14-17-37-28)21(18-26(27)35-4)12-13-24-22-10-7-8-11-23(22)31-32-24/h7-8,10-14,17-19H,5-6,9,15-16H2,1-4H3,(H,30,34)(H,31,32)/b13-12+. The second-order valence-corrected chi connectivity index (χ2v) is 9.61. The summed E-state index contributed by atoms with van der Waals surface area (Å²) in [4.78, 5) is 16.2. The largest absolute Gasteiger partial charge is 0.493 e. The molecule has 2 aromatic heterocycles. The lowest BCUT2D eigenvalue weighted by Crippen LogP contribution is -2.25. The Morgan fingerprint density at radius 2 is 1.95 bits per heavy atom. The fourth-order valence-corrected chi connectivity index (χ4v) is 4.99. The van der Waals surface area contributed by atoms with Crippen LogP contribution in [0.3, 0.4) is 0 Å². The highest BCUT2D eigenvalue weighted by molar-refractivity contribution is 7.12. The van der Waals surface area contributed by atoms with E-state index < -0.39 is 0 Å². The van der Waals surface area contributed by atoms with Gasteiger partial charge in [0.1, 0.15) is 0 Å². The molecule has 1 amide bonds. The SMILES string of the molecule is CCN(CC)CCCOc1cc(NC(=O)c2sccc2C)c(/C=C/c2n[nH]c3ccccc23)cc1OC. The van der Waals surface area contributed by atoms with Crippen LogP contribution < -0.4 is 14.8 Å². The smallest absolute Gasteiger partial charge is 0.266 e. The minimum atomic E-state index is -0.148. The molecule has 4 aromatic rings. The van der Waals surface area contributed by atoms with Crippen molar-refractivity contribution in [3.8, 4) is 11.5 Å². The Hall–Kier alpha value is -3.62. The number of fused-ring (bicyclic) bond motifs is 1. The van der Waals surface area contributed by atoms with Crippen molar-refractivity contribution in [2.75, 3.05) is 38.7 Å². The van der Waals surface area contributed by atoms with Gasteiger partial charge in [0.2, 0.25) is 0 Å². The van der Waals surface area contributed by atoms with Gasteiger partial charge in [-0.1, -0.05) is 38.1 Å². The molecule has 0 aliphatic rings. The number of rotatable bonds is 12. The molecule has 0 radical (unpaired) electrons. The third kappa shape index (κ3) is 6.39. The molecule has 0 spiro atoms. The number of ether oxygens (including phenoxy) is 2. The number of benzene rings is 2. The number of carbonyl (C=O) groups excluding carboxylic acids is 1. The summed E-state index contributed by atoms with van der Waals surface area (Å²) < 4.78 is 11.8. The Morgan fingerprint density at radius 3 is 2.68 bits per heavy atom. The van der Waals surface area contributed by atoms with Crippen LogP contribution >= 0.6 is 11.3 Å². The fraction of sp³-hybridized carbons (Fsp3) is 0.310. The number of amides is 1. The van der Waals surface area contributed by atoms with Gasteiger partial charge in [-0.15, -0.1) is 11.3 Å². The van der Waals surface area contributed by atoms with Gasteiger partial charge < -0.3 is 19.7 Å². The number of aromatic amines is 1. The van der Waals surface area contributed by atoms with E-state index in [4.69, 9.17) is 9.47 Å². The fourth-order valence-electron chi connectivity index (χ4n) is 4.17. The van der Waals surface area contributed by atoms with Gasteiger partial charge in [0.05, 0.1) is 35.5 Å². The molecule has 2 heterocycles. The summed E-state index contributed by atoms with van der Waals surface area (Å²) in [5.41, 5.74) is 4.17. The zero-order chi connectivity index (χ0) is 26.2. The maximum atomic E-state index is 13.1. The zero-order valence-electron chi connectivity index (χ0n) is 21.8. The number of anilines is 1. The first kappa shape index (κ1) is 26.4. The minimum absolute atomic E-state index is 0.148. The van der Waals surface area contributed by atoms with Gasteiger partial charge >= 0.3 is 0 Å². The first-order valence-electron chi connectivity index (χ1n) is 12.6. The van der Waals surface area contributed by atoms with Crippen LogP contribution in [0.4, 0.5) is 5.69 Å². The van der Waals surface area contributed by atoms with E-state index in [0.29, 0.717) is 28.7 Å². The summed E-state index contributed by atoms with van der Waals surface area (Å²) in [6.07, 6.45) is 4.77. The highest BCUT2D eigenvalue weighted by Crippen LogP contribution is 2.35. The predicted molar refractivity (Wildman–Crippen MR) is 153 cm³/mol. The molecule has 0 fully saturated rings. The third-order valence-corrected chi connectivity index (χ3v) is 7.36. The van der Waals surface area contributed by atoms with Crippen molar-refractivity contribution in [2.24, 2.45) is 0 Å². The first-order chi connectivity index (χ1) is 18.0. The van der Waals surface area contributed by atoms with E-state index in [1.165, 1.54) is 11.3 Å². The topological polar surface area (TPSA) is 79.5 Å². The number of carbonyl (C=O) groups is 1. The third-order valence-electron chi connectivity index (χ3n) is 6.34. The van der Waals surface area contributed by atoms with Crippen molar-refractivity contribution in [1.82, 2.24) is 15.1 Å². The zero-order valence-corrected chi connectivity index (χ0v) is 22.7. The quantitative estimate of drug-likeness (QED) is 0.210. The molecular weight excluding hydrogens is 484 g/mol. The van der Waals surface area contributed by atoms with Gasteiger partial charge in [-0.3, -0.25) is 9.89 Å². The molecule has 37 heavy (non-hydrogen) atoms. The number of methoxy groups -OCH3 is 1. The lowest BCUT2D eigenvalue weighted by atomic mass is 10.1. The van der Waals surface area contributed by atoms with Gasteiger partial charge in [-0.05, 0) is 61.7 Å². The first-order valence-corrected chi connectivity index (χ1v) is 13.5. The van der Waals surface area contributed by atoms with Crippen LogP contribution in [0, 0.1) is 6.92 Å². The van der Waals surface area contributed by atoms with E-state index >= 15 is 0 Å². The molecule has 7 nitrogen and oxygen atoms in total. The number of H-pyrrole nitrogens is 1. The molecule has 2 aromatic carbocycles. The molecule has 0 atom stereocenters. The van der Waals surface area contributed by atoms with Gasteiger partial charge in [0, 0.05) is 23.6 Å². The maximum absolute atomic E-state index is 13.1. The normalized spacial score (nSPS) is 11.5. The number of aryl methyl sites for hydroxylation is 1. The van der Waals surface area contributed by atoms with Gasteiger partial charge in [-0.25, -0.2) is 0 Å². The van der Waals surface area contributed by atoms with Crippen LogP contribution in [0.2, 0.25) is 0 Å². The van der Waals surface area contributed by atoms with E-state index in [1.807, 2.05) is 66.9 Å². The molecule has 0 aliphatic heterocycles. The Bertz CT molecular complexity index is 1370. The molecule has 0 saturated heterocycles. The van der Waals surface area contributed by atoms with Crippen molar-refractivity contribution >= 4 is 46.0 Å². The second-order valence-electron chi connectivity index (χ2n) is 8.69. The van der Waals surface area contributed by atoms with E-state index in [-0.39, 0.29) is 5.91 Å². The summed E-state index contributed by atoms with van der Waals surface area (Å²) in [6, 6.07) is 13.7. The molecule has 8 heteroatoms. The summed E-state index contributed by atoms with van der Waals surface area (Å²) >= 11 is 1.43. The summed E-state index contributed by atoms with van der Waals surface area (Å²) in [5, 5.41) is 13.5. The van der Waals surface area contributed by atoms with E-state index in [9.17, 15) is 4.79 Å². The Labute approximate surface area is 222 Å². The molecule has 0 bridgehead atoms. The Kier molecular flexibility index (Phi) is 8.98. The van der Waals surface area contributed by atoms with Crippen molar-refractivity contribution in [2.45, 2.75) is 27.2 Å². The minimum Gasteiger partial charge on any atom is -0.493 e. The number of nitrogens with one attached hydrogen (secondary N) is 2. The number of para-hydroxylation sites is 1. The van der Waals surface area contributed by atoms with Crippen molar-refractivity contribution < 1.29 is 14.3 Å². The second kappa shape index (κ2) is 12.6. The number of hydrogen-bond acceptors (Lipinski definition) is 6. The maximum Gasteiger partial charge on any atom is 0.266 e. The highest BCUT2D eigenvalue weighted by atomic mass is 32.1. The average molecular weight is 519 g/mol. The molecule has 194 valence electrons. The summed E-state index contributed by atoms with van der Waals surface area (Å²) in [7, 11) is 1.63. The lowest BCUT2D eigenvalue weighted by Gasteiger charge is -2.19. The van der Waals surface area contributed by atoms with Crippen LogP contribution in [0.15, 0.2) is 47.8 Å². The molecule has 0 aliphatic carbocycles. The number of nitrogens with zero attached hydrogens (tertiary/aromatic N) is 2. The van der Waals surface area contributed by atoms with Crippen molar-refractivity contribution in [3.63, 3.8) is 0 Å². The van der Waals surface area contributed by atoms with Gasteiger partial charge in [-0.2, -0.15) is 5.10 Å². The van der Waals surface area contributed by atoms with Crippen LogP contribution in [0.1, 0.15) is 46.8 Å². The molecule has 4 rings (SSSR count). The van der Waals surface area contributed by atoms with E-state index in [1.54, 1.807) is 7.11 Å². The Balaban J connectivity index is 1.63. The summed E-state index contributed by atoms with van der Waals surface area (Å²) in [6.45, 7) is 9.82. The van der Waals surface area contributed by atoms with Crippen molar-refractivity contribution in [1.29, 1.82) is 0 Å². The van der Waals surface area contributed by atoms with Crippen LogP contribution in [0.25, 0.3) is 23.1 Å². The number of hydrogen-bond donors (Lipinski definition) is 2. The average Bonchev–Trinajstić information content (AvgIpc) is 3.54. The van der Waals surface area contributed by atoms with Gasteiger partial charge in [0.25, 0.3) is 5.91 Å². The van der Waals surface area contributed by atoms with E-state index in [2.05, 4.69) is 34.3 Å². The highest BCUT2D eigenvalue weighted by Gasteiger charge is 2.16. The van der Waals surface area contributed by atoms with Crippen molar-refractivity contribution in [3.05, 3.63) is 69.5 Å². The monoisotopic (exact) mass is 518 g/mol. The molecule has 0 unspecified atom stereocenters. The lowest BCUT2D eigenvalue weighted by molar-refractivity contribution is 0.103. The number of thiophene rings is 1. The molecule has 2 N–H and O–H groups in total. The Morgan fingerprint density at radius 1 is 1.14 bits per heavy atom. The van der Waals surface area contributed by atoms with Crippen LogP contribution in [0.5, 0.6) is 11.5 Å². The van der Waals surface area contributed by atoms with Crippen LogP contribution in [-0.4, -0.2) is 54.4 Å². The van der Waals surface area contributed by atoms with E-state index in [0.717, 1.165) is 53.8 Å². The van der Waals surface area contributed by atoms with Crippen LogP contribution in [-0.2, 0) is 0 Å².